The molecule has 0 saturated carbocycles. The Morgan fingerprint density at radius 2 is 1.95 bits per heavy atom. The Morgan fingerprint density at radius 1 is 1.29 bits per heavy atom. The SMILES string of the molecule is CC(N)C(Cl)Nc1ccc(/N=N/c2n(C)cc[n+]2C)cc1. The van der Waals surface area contributed by atoms with Crippen LogP contribution < -0.4 is 15.6 Å². The molecule has 2 rings (SSSR count). The monoisotopic (exact) mass is 307 g/mol. The van der Waals surface area contributed by atoms with E-state index < -0.39 is 0 Å². The summed E-state index contributed by atoms with van der Waals surface area (Å²) < 4.78 is 3.81. The van der Waals surface area contributed by atoms with Crippen LogP contribution in [-0.4, -0.2) is 16.1 Å². The topological polar surface area (TPSA) is 71.6 Å². The van der Waals surface area contributed by atoms with E-state index >= 15 is 0 Å². The van der Waals surface area contributed by atoms with Crippen molar-refractivity contribution in [3.8, 4) is 0 Å². The number of aryl methyl sites for hydroxylation is 2. The van der Waals surface area contributed by atoms with E-state index in [1.165, 1.54) is 0 Å². The Labute approximate surface area is 129 Å². The highest BCUT2D eigenvalue weighted by molar-refractivity contribution is 6.22. The van der Waals surface area contributed by atoms with Crippen LogP contribution in [0.5, 0.6) is 0 Å². The minimum atomic E-state index is -0.306. The first-order valence-electron chi connectivity index (χ1n) is 6.66. The lowest BCUT2D eigenvalue weighted by atomic mass is 10.2. The lowest BCUT2D eigenvalue weighted by Crippen LogP contribution is -2.33. The standard InChI is InChI=1S/C14H19ClN6/c1-10(16)13(15)17-11-4-6-12(7-5-11)18-19-14-20(2)8-9-21(14)3/h4-10,13H,16H2,1-3H3/p+1. The molecule has 0 aliphatic rings. The Hall–Kier alpha value is -1.92. The van der Waals surface area contributed by atoms with Gasteiger partial charge in [-0.3, -0.25) is 0 Å². The number of imidazole rings is 1. The molecule has 2 aromatic rings. The Kier molecular flexibility index (Phi) is 4.93. The predicted molar refractivity (Wildman–Crippen MR) is 84.1 cm³/mol. The van der Waals surface area contributed by atoms with Gasteiger partial charge in [0.25, 0.3) is 0 Å². The number of hydrogen-bond acceptors (Lipinski definition) is 4. The van der Waals surface area contributed by atoms with Gasteiger partial charge in [0.1, 0.15) is 11.2 Å². The number of nitrogens with zero attached hydrogens (tertiary/aromatic N) is 4. The molecule has 1 aromatic carbocycles. The van der Waals surface area contributed by atoms with Crippen molar-refractivity contribution in [2.24, 2.45) is 30.1 Å². The van der Waals surface area contributed by atoms with Gasteiger partial charge in [-0.1, -0.05) is 16.7 Å². The van der Waals surface area contributed by atoms with Crippen LogP contribution in [0.4, 0.5) is 17.3 Å². The maximum absolute atomic E-state index is 6.07. The van der Waals surface area contributed by atoms with Crippen LogP contribution in [0, 0.1) is 0 Å². The molecule has 3 N–H and O–H groups in total. The number of azo groups is 1. The molecule has 0 spiro atoms. The maximum Gasteiger partial charge on any atom is 0.421 e. The summed E-state index contributed by atoms with van der Waals surface area (Å²) in [6.45, 7) is 1.85. The normalized spacial score (nSPS) is 14.3. The molecular weight excluding hydrogens is 288 g/mol. The first kappa shape index (κ1) is 15.5. The van der Waals surface area contributed by atoms with Gasteiger partial charge in [-0.05, 0) is 31.2 Å². The summed E-state index contributed by atoms with van der Waals surface area (Å²) in [5.74, 6) is 0.773. The van der Waals surface area contributed by atoms with Gasteiger partial charge in [-0.25, -0.2) is 9.13 Å². The van der Waals surface area contributed by atoms with Gasteiger partial charge in [0.05, 0.1) is 26.5 Å². The van der Waals surface area contributed by atoms with Crippen molar-refractivity contribution in [2.45, 2.75) is 18.5 Å². The van der Waals surface area contributed by atoms with E-state index in [0.29, 0.717) is 0 Å². The molecule has 1 heterocycles. The molecular formula is C14H20ClN6+. The number of halogens is 1. The largest absolute Gasteiger partial charge is 0.421 e. The van der Waals surface area contributed by atoms with Gasteiger partial charge in [-0.2, -0.15) is 0 Å². The van der Waals surface area contributed by atoms with E-state index in [-0.39, 0.29) is 11.5 Å². The molecule has 0 bridgehead atoms. The van der Waals surface area contributed by atoms with Crippen molar-refractivity contribution in [3.63, 3.8) is 0 Å². The Morgan fingerprint density at radius 3 is 2.48 bits per heavy atom. The zero-order chi connectivity index (χ0) is 15.4. The van der Waals surface area contributed by atoms with E-state index in [9.17, 15) is 0 Å². The van der Waals surface area contributed by atoms with Crippen LogP contribution >= 0.6 is 11.6 Å². The quantitative estimate of drug-likeness (QED) is 0.386. The smallest absolute Gasteiger partial charge is 0.368 e. The lowest BCUT2D eigenvalue weighted by Gasteiger charge is -2.16. The van der Waals surface area contributed by atoms with Crippen LogP contribution in [0.15, 0.2) is 46.9 Å². The second-order valence-corrected chi connectivity index (χ2v) is 5.44. The van der Waals surface area contributed by atoms with E-state index in [4.69, 9.17) is 17.3 Å². The summed E-state index contributed by atoms with van der Waals surface area (Å²) in [5, 5.41) is 11.6. The zero-order valence-corrected chi connectivity index (χ0v) is 13.1. The second-order valence-electron chi connectivity index (χ2n) is 4.97. The summed E-state index contributed by atoms with van der Waals surface area (Å²) in [6.07, 6.45) is 3.85. The predicted octanol–water partition coefficient (Wildman–Crippen LogP) is 2.59. The number of alkyl halides is 1. The minimum absolute atomic E-state index is 0.136. The molecule has 0 amide bonds. The van der Waals surface area contributed by atoms with E-state index in [2.05, 4.69) is 15.5 Å². The molecule has 6 nitrogen and oxygen atoms in total. The van der Waals surface area contributed by atoms with Gasteiger partial charge < -0.3 is 11.1 Å². The summed E-state index contributed by atoms with van der Waals surface area (Å²) in [6, 6.07) is 7.41. The third-order valence-corrected chi connectivity index (χ3v) is 3.54. The van der Waals surface area contributed by atoms with E-state index in [1.807, 2.05) is 66.8 Å². The van der Waals surface area contributed by atoms with Crippen LogP contribution in [0.2, 0.25) is 0 Å². The molecule has 0 saturated heterocycles. The fourth-order valence-corrected chi connectivity index (χ4v) is 1.87. The highest BCUT2D eigenvalue weighted by Gasteiger charge is 2.11. The van der Waals surface area contributed by atoms with Crippen molar-refractivity contribution < 1.29 is 4.57 Å². The van der Waals surface area contributed by atoms with Gasteiger partial charge >= 0.3 is 5.95 Å². The molecule has 0 radical (unpaired) electrons. The van der Waals surface area contributed by atoms with E-state index in [1.54, 1.807) is 0 Å². The molecule has 0 aliphatic heterocycles. The first-order valence-corrected chi connectivity index (χ1v) is 7.10. The third-order valence-electron chi connectivity index (χ3n) is 3.03. The molecule has 2 unspecified atom stereocenters. The van der Waals surface area contributed by atoms with Crippen LogP contribution in [0.1, 0.15) is 6.92 Å². The number of benzene rings is 1. The number of aromatic nitrogens is 2. The summed E-state index contributed by atoms with van der Waals surface area (Å²) in [5.41, 5.74) is 7.08. The summed E-state index contributed by atoms with van der Waals surface area (Å²) in [4.78, 5) is 0. The fourth-order valence-electron chi connectivity index (χ4n) is 1.74. The zero-order valence-electron chi connectivity index (χ0n) is 12.4. The second kappa shape index (κ2) is 6.69. The van der Waals surface area contributed by atoms with Gasteiger partial charge in [0, 0.05) is 16.8 Å². The van der Waals surface area contributed by atoms with Crippen molar-refractivity contribution in [3.05, 3.63) is 36.7 Å². The Bertz CT molecular complexity index is 597. The highest BCUT2D eigenvalue weighted by atomic mass is 35.5. The van der Waals surface area contributed by atoms with Gasteiger partial charge in [-0.15, -0.1) is 0 Å². The maximum atomic E-state index is 6.07. The van der Waals surface area contributed by atoms with Gasteiger partial charge in [0.15, 0.2) is 0 Å². The number of nitrogens with two attached hydrogens (primary N) is 1. The fraction of sp³-hybridized carbons (Fsp3) is 0.357. The number of nitrogens with one attached hydrogen (secondary N) is 1. The Balaban J connectivity index is 2.06. The number of anilines is 1. The highest BCUT2D eigenvalue weighted by Crippen LogP contribution is 2.19. The average Bonchev–Trinajstić information content (AvgIpc) is 2.77. The minimum Gasteiger partial charge on any atom is -0.368 e. The molecule has 1 aromatic heterocycles. The lowest BCUT2D eigenvalue weighted by molar-refractivity contribution is -0.657. The number of rotatable bonds is 5. The molecule has 112 valence electrons. The molecule has 0 aliphatic carbocycles. The van der Waals surface area contributed by atoms with Crippen LogP contribution in [0.25, 0.3) is 0 Å². The first-order chi connectivity index (χ1) is 9.97. The molecule has 21 heavy (non-hydrogen) atoms. The van der Waals surface area contributed by atoms with E-state index in [0.717, 1.165) is 17.3 Å². The summed E-state index contributed by atoms with van der Waals surface area (Å²) in [7, 11) is 3.85. The third kappa shape index (κ3) is 4.03. The average molecular weight is 308 g/mol. The molecule has 7 heteroatoms. The molecule has 2 atom stereocenters. The summed E-state index contributed by atoms with van der Waals surface area (Å²) >= 11 is 6.07. The van der Waals surface area contributed by atoms with Crippen molar-refractivity contribution in [2.75, 3.05) is 5.32 Å². The van der Waals surface area contributed by atoms with Gasteiger partial charge in [0.2, 0.25) is 0 Å². The van der Waals surface area contributed by atoms with Crippen molar-refractivity contribution in [1.82, 2.24) is 4.57 Å². The number of hydrogen-bond donors (Lipinski definition) is 2. The molecule has 0 fully saturated rings. The van der Waals surface area contributed by atoms with Crippen molar-refractivity contribution >= 4 is 28.9 Å². The van der Waals surface area contributed by atoms with Crippen LogP contribution in [0.3, 0.4) is 0 Å². The van der Waals surface area contributed by atoms with Crippen molar-refractivity contribution in [1.29, 1.82) is 0 Å². The van der Waals surface area contributed by atoms with Crippen LogP contribution in [-0.2, 0) is 14.1 Å².